The molecule has 1 amide bonds. The van der Waals surface area contributed by atoms with Crippen LogP contribution >= 0.6 is 0 Å². The van der Waals surface area contributed by atoms with Gasteiger partial charge in [0.1, 0.15) is 13.7 Å². The minimum atomic E-state index is -1.72. The first-order chi connectivity index (χ1) is 9.72. The van der Waals surface area contributed by atoms with Gasteiger partial charge in [0.2, 0.25) is 0 Å². The third kappa shape index (κ3) is 3.67. The predicted octanol–water partition coefficient (Wildman–Crippen LogP) is 3.54. The molecule has 1 aliphatic heterocycles. The molecular weight excluding hydrogens is 278 g/mol. The normalized spacial score (nSPS) is 19.7. The molecule has 1 saturated heterocycles. The Hall–Kier alpha value is -1.29. The molecule has 0 radical (unpaired) electrons. The number of rotatable bonds is 2. The van der Waals surface area contributed by atoms with Gasteiger partial charge in [0.25, 0.3) is 0 Å². The van der Waals surface area contributed by atoms with Crippen molar-refractivity contribution in [3.05, 3.63) is 30.3 Å². The van der Waals surface area contributed by atoms with E-state index in [4.69, 9.17) is 4.74 Å². The molecule has 1 heterocycles. The number of nitrogens with zero attached hydrogens (tertiary/aromatic N) is 1. The number of benzene rings is 1. The molecule has 0 unspecified atom stereocenters. The minimum Gasteiger partial charge on any atom is -0.444 e. The summed E-state index contributed by atoms with van der Waals surface area (Å²) in [6, 6.07) is 10.7. The quantitative estimate of drug-likeness (QED) is 0.782. The second-order valence-electron chi connectivity index (χ2n) is 7.42. The van der Waals surface area contributed by atoms with E-state index in [0.29, 0.717) is 5.67 Å². The molecule has 0 bridgehead atoms. The summed E-state index contributed by atoms with van der Waals surface area (Å²) in [5, 5.41) is 1.41. The highest BCUT2D eigenvalue weighted by Crippen LogP contribution is 2.27. The van der Waals surface area contributed by atoms with Crippen LogP contribution in [0.3, 0.4) is 0 Å². The van der Waals surface area contributed by atoms with Crippen molar-refractivity contribution in [3.8, 4) is 0 Å². The van der Waals surface area contributed by atoms with Crippen LogP contribution in [0.4, 0.5) is 4.79 Å². The minimum absolute atomic E-state index is 0.151. The third-order valence-electron chi connectivity index (χ3n) is 4.23. The zero-order chi connectivity index (χ0) is 15.7. The molecule has 1 aliphatic rings. The van der Waals surface area contributed by atoms with Crippen LogP contribution in [0.2, 0.25) is 13.1 Å². The number of carbonyl (C=O) groups is 1. The average Bonchev–Trinajstić information content (AvgIpc) is 2.88. The van der Waals surface area contributed by atoms with Crippen LogP contribution in [0.5, 0.6) is 0 Å². The van der Waals surface area contributed by atoms with Crippen molar-refractivity contribution < 1.29 is 9.53 Å². The molecular formula is C17H27NO2Si. The highest BCUT2D eigenvalue weighted by Gasteiger charge is 2.43. The lowest BCUT2D eigenvalue weighted by Crippen LogP contribution is -2.59. The molecule has 1 fully saturated rings. The Labute approximate surface area is 129 Å². The summed E-state index contributed by atoms with van der Waals surface area (Å²) in [5.41, 5.74) is -0.0994. The lowest BCUT2D eigenvalue weighted by molar-refractivity contribution is 0.0268. The van der Waals surface area contributed by atoms with Crippen LogP contribution in [0.15, 0.2) is 30.3 Å². The standard InChI is InChI=1S/C17H27NO2Si/c1-17(2,3)20-16(19)18-13-9-12-15(18)21(4,5)14-10-7-6-8-11-14/h6-8,10-11,15H,9,12-13H2,1-5H3/t15-/m0/s1. The fourth-order valence-electron chi connectivity index (χ4n) is 3.12. The molecule has 4 heteroatoms. The monoisotopic (exact) mass is 305 g/mol. The van der Waals surface area contributed by atoms with Gasteiger partial charge in [0.05, 0.1) is 0 Å². The molecule has 0 spiro atoms. The van der Waals surface area contributed by atoms with Crippen molar-refractivity contribution in [2.45, 2.75) is 58.0 Å². The first-order valence-electron chi connectivity index (χ1n) is 7.77. The van der Waals surface area contributed by atoms with Crippen LogP contribution in [0.25, 0.3) is 0 Å². The predicted molar refractivity (Wildman–Crippen MR) is 89.5 cm³/mol. The first kappa shape index (κ1) is 16.1. The fourth-order valence-corrected chi connectivity index (χ4v) is 6.49. The summed E-state index contributed by atoms with van der Waals surface area (Å²) in [4.78, 5) is 14.5. The number of ether oxygens (including phenoxy) is 1. The maximum Gasteiger partial charge on any atom is 0.410 e. The molecule has 2 rings (SSSR count). The van der Waals surface area contributed by atoms with E-state index >= 15 is 0 Å². The van der Waals surface area contributed by atoms with Gasteiger partial charge in [-0.05, 0) is 33.6 Å². The molecule has 0 aliphatic carbocycles. The van der Waals surface area contributed by atoms with Crippen LogP contribution in [-0.2, 0) is 4.74 Å². The van der Waals surface area contributed by atoms with Crippen molar-refractivity contribution in [1.82, 2.24) is 4.90 Å². The lowest BCUT2D eigenvalue weighted by atomic mass is 10.2. The Morgan fingerprint density at radius 3 is 2.43 bits per heavy atom. The van der Waals surface area contributed by atoms with Gasteiger partial charge < -0.3 is 9.64 Å². The topological polar surface area (TPSA) is 29.5 Å². The highest BCUT2D eigenvalue weighted by molar-refractivity contribution is 6.91. The molecule has 1 atom stereocenters. The Balaban J connectivity index is 2.20. The summed E-state index contributed by atoms with van der Waals surface area (Å²) < 4.78 is 5.59. The van der Waals surface area contributed by atoms with Crippen molar-refractivity contribution in [3.63, 3.8) is 0 Å². The van der Waals surface area contributed by atoms with E-state index in [2.05, 4.69) is 37.4 Å². The van der Waals surface area contributed by atoms with E-state index in [-0.39, 0.29) is 6.09 Å². The largest absolute Gasteiger partial charge is 0.444 e. The van der Waals surface area contributed by atoms with Gasteiger partial charge in [-0.1, -0.05) is 48.6 Å². The third-order valence-corrected chi connectivity index (χ3v) is 8.32. The van der Waals surface area contributed by atoms with E-state index < -0.39 is 13.7 Å². The molecule has 1 aromatic rings. The Morgan fingerprint density at radius 1 is 1.24 bits per heavy atom. The average molecular weight is 305 g/mol. The highest BCUT2D eigenvalue weighted by atomic mass is 28.3. The van der Waals surface area contributed by atoms with Crippen molar-refractivity contribution >= 4 is 19.4 Å². The van der Waals surface area contributed by atoms with Gasteiger partial charge in [-0.15, -0.1) is 0 Å². The van der Waals surface area contributed by atoms with E-state index in [1.165, 1.54) is 5.19 Å². The van der Waals surface area contributed by atoms with E-state index in [9.17, 15) is 4.79 Å². The Bertz CT molecular complexity index is 493. The molecule has 0 N–H and O–H groups in total. The van der Waals surface area contributed by atoms with Gasteiger partial charge in [0, 0.05) is 12.2 Å². The van der Waals surface area contributed by atoms with Crippen molar-refractivity contribution in [2.75, 3.05) is 6.54 Å². The summed E-state index contributed by atoms with van der Waals surface area (Å²) in [5.74, 6) is 0. The molecule has 0 saturated carbocycles. The van der Waals surface area contributed by atoms with Gasteiger partial charge in [-0.3, -0.25) is 0 Å². The number of amides is 1. The van der Waals surface area contributed by atoms with Gasteiger partial charge in [-0.25, -0.2) is 4.79 Å². The van der Waals surface area contributed by atoms with E-state index in [1.54, 1.807) is 0 Å². The van der Waals surface area contributed by atoms with E-state index in [1.807, 2.05) is 31.7 Å². The SMILES string of the molecule is CC(C)(C)OC(=O)N1CCC[C@@H]1[Si](C)(C)c1ccccc1. The second-order valence-corrected chi connectivity index (χ2v) is 12.1. The summed E-state index contributed by atoms with van der Waals surface area (Å²) in [6.07, 6.45) is 2.02. The number of hydrogen-bond donors (Lipinski definition) is 0. The molecule has 116 valence electrons. The summed E-state index contributed by atoms with van der Waals surface area (Å²) >= 11 is 0. The molecule has 21 heavy (non-hydrogen) atoms. The van der Waals surface area contributed by atoms with Crippen molar-refractivity contribution in [2.24, 2.45) is 0 Å². The van der Waals surface area contributed by atoms with Crippen LogP contribution in [0.1, 0.15) is 33.6 Å². The second kappa shape index (κ2) is 5.83. The summed E-state index contributed by atoms with van der Waals surface area (Å²) in [7, 11) is -1.72. The lowest BCUT2D eigenvalue weighted by Gasteiger charge is -2.37. The maximum atomic E-state index is 12.5. The van der Waals surface area contributed by atoms with Gasteiger partial charge in [0.15, 0.2) is 0 Å². The first-order valence-corrected chi connectivity index (χ1v) is 10.8. The van der Waals surface area contributed by atoms with Gasteiger partial charge in [-0.2, -0.15) is 0 Å². The zero-order valence-corrected chi connectivity index (χ0v) is 14.8. The summed E-state index contributed by atoms with van der Waals surface area (Å²) in [6.45, 7) is 11.3. The smallest absolute Gasteiger partial charge is 0.410 e. The Morgan fingerprint density at radius 2 is 1.86 bits per heavy atom. The fraction of sp³-hybridized carbons (Fsp3) is 0.588. The molecule has 3 nitrogen and oxygen atoms in total. The van der Waals surface area contributed by atoms with E-state index in [0.717, 1.165) is 19.4 Å². The molecule has 0 aromatic heterocycles. The number of carbonyl (C=O) groups excluding carboxylic acids is 1. The molecule has 1 aromatic carbocycles. The van der Waals surface area contributed by atoms with Crippen LogP contribution in [-0.4, -0.2) is 36.9 Å². The maximum absolute atomic E-state index is 12.5. The van der Waals surface area contributed by atoms with Gasteiger partial charge >= 0.3 is 6.09 Å². The van der Waals surface area contributed by atoms with Crippen molar-refractivity contribution in [1.29, 1.82) is 0 Å². The number of likely N-dealkylation sites (tertiary alicyclic amines) is 1. The zero-order valence-electron chi connectivity index (χ0n) is 13.8. The van der Waals surface area contributed by atoms with Crippen LogP contribution in [0, 0.1) is 0 Å². The Kier molecular flexibility index (Phi) is 4.47. The van der Waals surface area contributed by atoms with Crippen LogP contribution < -0.4 is 5.19 Å². The number of hydrogen-bond acceptors (Lipinski definition) is 2.